The highest BCUT2D eigenvalue weighted by Gasteiger charge is 2.16. The van der Waals surface area contributed by atoms with Crippen LogP contribution in [-0.2, 0) is 0 Å². The molecule has 0 atom stereocenters. The zero-order valence-corrected chi connectivity index (χ0v) is 13.7. The Bertz CT molecular complexity index is 726. The molecule has 0 fully saturated rings. The molecule has 3 aromatic carbocycles. The summed E-state index contributed by atoms with van der Waals surface area (Å²) in [7, 11) is 0. The van der Waals surface area contributed by atoms with Crippen LogP contribution in [0.2, 0.25) is 0 Å². The van der Waals surface area contributed by atoms with Crippen molar-refractivity contribution in [3.8, 4) is 0 Å². The van der Waals surface area contributed by atoms with Crippen LogP contribution in [0.4, 0.5) is 0 Å². The van der Waals surface area contributed by atoms with E-state index >= 15 is 0 Å². The van der Waals surface area contributed by atoms with E-state index in [0.29, 0.717) is 0 Å². The third-order valence-electron chi connectivity index (χ3n) is 4.40. The highest BCUT2D eigenvalue weighted by Crippen LogP contribution is 2.32. The molecule has 0 saturated carbocycles. The molecule has 0 unspecified atom stereocenters. The minimum Gasteiger partial charge on any atom is -0.0841 e. The first-order valence-corrected chi connectivity index (χ1v) is 8.12. The number of benzene rings is 3. The van der Waals surface area contributed by atoms with Crippen LogP contribution in [0.15, 0.2) is 91.0 Å². The van der Waals surface area contributed by atoms with E-state index in [9.17, 15) is 0 Å². The van der Waals surface area contributed by atoms with E-state index in [-0.39, 0.29) is 5.92 Å². The monoisotopic (exact) mass is 298 g/mol. The lowest BCUT2D eigenvalue weighted by Gasteiger charge is -2.19. The second kappa shape index (κ2) is 7.11. The van der Waals surface area contributed by atoms with Crippen LogP contribution < -0.4 is 0 Å². The number of allylic oxidation sites excluding steroid dienone is 2. The Morgan fingerprint density at radius 2 is 1.09 bits per heavy atom. The fourth-order valence-electron chi connectivity index (χ4n) is 2.97. The van der Waals surface area contributed by atoms with Gasteiger partial charge in [0.1, 0.15) is 0 Å². The lowest BCUT2D eigenvalue weighted by molar-refractivity contribution is 0.977. The summed E-state index contributed by atoms with van der Waals surface area (Å²) in [5, 5.41) is 0. The van der Waals surface area contributed by atoms with Crippen molar-refractivity contribution in [2.75, 3.05) is 0 Å². The van der Waals surface area contributed by atoms with E-state index in [2.05, 4.69) is 105 Å². The fourth-order valence-corrected chi connectivity index (χ4v) is 2.97. The van der Waals surface area contributed by atoms with Crippen molar-refractivity contribution in [3.05, 3.63) is 113 Å². The van der Waals surface area contributed by atoms with Crippen molar-refractivity contribution in [2.24, 2.45) is 0 Å². The fraction of sp³-hybridized carbons (Fsp3) is 0.130. The topological polar surface area (TPSA) is 0 Å². The number of rotatable bonds is 4. The normalized spacial score (nSPS) is 11.7. The number of hydrogen-bond donors (Lipinski definition) is 0. The maximum Gasteiger partial charge on any atom is 0.0339 e. The van der Waals surface area contributed by atoms with Gasteiger partial charge in [-0.05, 0) is 41.7 Å². The summed E-state index contributed by atoms with van der Waals surface area (Å²) < 4.78 is 0. The lowest BCUT2D eigenvalue weighted by atomic mass is 9.84. The lowest BCUT2D eigenvalue weighted by Crippen LogP contribution is -2.03. The molecule has 3 aromatic rings. The summed E-state index contributed by atoms with van der Waals surface area (Å²) in [6.07, 6.45) is 2.15. The van der Waals surface area contributed by atoms with E-state index in [1.807, 2.05) is 0 Å². The van der Waals surface area contributed by atoms with Gasteiger partial charge in [0.05, 0.1) is 0 Å². The zero-order valence-electron chi connectivity index (χ0n) is 13.7. The Hall–Kier alpha value is -2.60. The molecule has 0 radical (unpaired) electrons. The first kappa shape index (κ1) is 15.3. The van der Waals surface area contributed by atoms with Gasteiger partial charge in [-0.3, -0.25) is 0 Å². The van der Waals surface area contributed by atoms with Crippen LogP contribution >= 0.6 is 0 Å². The van der Waals surface area contributed by atoms with Gasteiger partial charge in [-0.25, -0.2) is 0 Å². The molecule has 0 aliphatic carbocycles. The summed E-state index contributed by atoms with van der Waals surface area (Å²) in [5.74, 6) is 0.275. The highest BCUT2D eigenvalue weighted by atomic mass is 14.2. The van der Waals surface area contributed by atoms with E-state index < -0.39 is 0 Å². The third-order valence-corrected chi connectivity index (χ3v) is 4.40. The molecule has 0 heteroatoms. The van der Waals surface area contributed by atoms with Gasteiger partial charge in [0, 0.05) is 5.92 Å². The van der Waals surface area contributed by atoms with Crippen molar-refractivity contribution < 1.29 is 0 Å². The number of hydrogen-bond acceptors (Lipinski definition) is 0. The van der Waals surface area contributed by atoms with Crippen molar-refractivity contribution in [1.82, 2.24) is 0 Å². The van der Waals surface area contributed by atoms with Gasteiger partial charge < -0.3 is 0 Å². The summed E-state index contributed by atoms with van der Waals surface area (Å²) in [5.41, 5.74) is 6.59. The minimum absolute atomic E-state index is 0.275. The molecular formula is C23H22. The second-order valence-corrected chi connectivity index (χ2v) is 5.85. The van der Waals surface area contributed by atoms with Crippen LogP contribution in [0.25, 0.3) is 5.57 Å². The minimum atomic E-state index is 0.275. The SMILES string of the molecule is C/C=C(/C)c1ccc(C(c2ccccc2)c2ccccc2)cc1. The van der Waals surface area contributed by atoms with E-state index in [1.165, 1.54) is 27.8 Å². The molecule has 3 rings (SSSR count). The molecule has 0 aliphatic heterocycles. The summed E-state index contributed by atoms with van der Waals surface area (Å²) in [6.45, 7) is 4.24. The quantitative estimate of drug-likeness (QED) is 0.496. The van der Waals surface area contributed by atoms with Crippen LogP contribution in [0.1, 0.15) is 42.0 Å². The van der Waals surface area contributed by atoms with Gasteiger partial charge in [-0.2, -0.15) is 0 Å². The first-order valence-electron chi connectivity index (χ1n) is 8.12. The van der Waals surface area contributed by atoms with Gasteiger partial charge in [0.25, 0.3) is 0 Å². The van der Waals surface area contributed by atoms with Gasteiger partial charge in [-0.1, -0.05) is 91.0 Å². The predicted octanol–water partition coefficient (Wildman–Crippen LogP) is 6.29. The molecule has 0 heterocycles. The molecule has 0 amide bonds. The van der Waals surface area contributed by atoms with Gasteiger partial charge in [-0.15, -0.1) is 0 Å². The average molecular weight is 298 g/mol. The summed E-state index contributed by atoms with van der Waals surface area (Å²) >= 11 is 0. The van der Waals surface area contributed by atoms with Crippen LogP contribution in [0.3, 0.4) is 0 Å². The Balaban J connectivity index is 2.06. The average Bonchev–Trinajstić information content (AvgIpc) is 2.64. The maximum absolute atomic E-state index is 2.26. The van der Waals surface area contributed by atoms with Gasteiger partial charge in [0.15, 0.2) is 0 Å². The molecule has 0 aliphatic rings. The first-order chi connectivity index (χ1) is 11.3. The van der Waals surface area contributed by atoms with Crippen molar-refractivity contribution in [3.63, 3.8) is 0 Å². The largest absolute Gasteiger partial charge is 0.0841 e. The zero-order chi connectivity index (χ0) is 16.1. The smallest absolute Gasteiger partial charge is 0.0339 e. The molecule has 0 N–H and O–H groups in total. The molecular weight excluding hydrogens is 276 g/mol. The predicted molar refractivity (Wildman–Crippen MR) is 99.6 cm³/mol. The molecule has 114 valence electrons. The van der Waals surface area contributed by atoms with Crippen molar-refractivity contribution in [1.29, 1.82) is 0 Å². The van der Waals surface area contributed by atoms with E-state index in [4.69, 9.17) is 0 Å². The molecule has 0 spiro atoms. The van der Waals surface area contributed by atoms with Crippen LogP contribution in [0.5, 0.6) is 0 Å². The van der Waals surface area contributed by atoms with Crippen LogP contribution in [-0.4, -0.2) is 0 Å². The van der Waals surface area contributed by atoms with E-state index in [0.717, 1.165) is 0 Å². The molecule has 0 nitrogen and oxygen atoms in total. The van der Waals surface area contributed by atoms with Gasteiger partial charge in [0.2, 0.25) is 0 Å². The second-order valence-electron chi connectivity index (χ2n) is 5.85. The van der Waals surface area contributed by atoms with Crippen LogP contribution in [0, 0.1) is 0 Å². The standard InChI is InChI=1S/C23H22/c1-3-18(2)19-14-16-22(17-15-19)23(20-10-6-4-7-11-20)21-12-8-5-9-13-21/h3-17,23H,1-2H3/b18-3-. The Kier molecular flexibility index (Phi) is 4.73. The van der Waals surface area contributed by atoms with Crippen molar-refractivity contribution in [2.45, 2.75) is 19.8 Å². The highest BCUT2D eigenvalue weighted by molar-refractivity contribution is 5.63. The molecule has 0 aromatic heterocycles. The Morgan fingerprint density at radius 1 is 0.652 bits per heavy atom. The maximum atomic E-state index is 2.26. The molecule has 0 saturated heterocycles. The summed E-state index contributed by atoms with van der Waals surface area (Å²) in [4.78, 5) is 0. The van der Waals surface area contributed by atoms with Crippen molar-refractivity contribution >= 4 is 5.57 Å². The molecule has 23 heavy (non-hydrogen) atoms. The summed E-state index contributed by atoms with van der Waals surface area (Å²) in [6, 6.07) is 30.4. The van der Waals surface area contributed by atoms with Gasteiger partial charge >= 0.3 is 0 Å². The Morgan fingerprint density at radius 3 is 1.52 bits per heavy atom. The molecule has 0 bridgehead atoms. The third kappa shape index (κ3) is 3.43. The Labute approximate surface area is 139 Å². The van der Waals surface area contributed by atoms with E-state index in [1.54, 1.807) is 0 Å².